The van der Waals surface area contributed by atoms with Crippen LogP contribution in [0.4, 0.5) is 0 Å². The zero-order valence-corrected chi connectivity index (χ0v) is 11.7. The number of nitrogens with zero attached hydrogens (tertiary/aromatic N) is 1. The number of rotatable bonds is 4. The maximum atomic E-state index is 5.66. The molecule has 0 unspecified atom stereocenters. The number of benzene rings is 1. The van der Waals surface area contributed by atoms with Crippen LogP contribution in [0.25, 0.3) is 10.2 Å². The van der Waals surface area contributed by atoms with Crippen LogP contribution >= 0.6 is 23.3 Å². The summed E-state index contributed by atoms with van der Waals surface area (Å²) in [6.07, 6.45) is 6.66. The van der Waals surface area contributed by atoms with Crippen LogP contribution < -0.4 is 4.89 Å². The molecule has 0 radical (unpaired) electrons. The Morgan fingerprint density at radius 1 is 1.22 bits per heavy atom. The van der Waals surface area contributed by atoms with E-state index in [-0.39, 0.29) is 0 Å². The van der Waals surface area contributed by atoms with Crippen LogP contribution in [-0.4, -0.2) is 11.1 Å². The van der Waals surface area contributed by atoms with Gasteiger partial charge in [-0.2, -0.15) is 0 Å². The third-order valence-electron chi connectivity index (χ3n) is 3.17. The van der Waals surface area contributed by atoms with E-state index in [0.29, 0.717) is 6.10 Å². The maximum Gasteiger partial charge on any atom is 0.168 e. The Kier molecular flexibility index (Phi) is 4.15. The first-order chi connectivity index (χ1) is 8.92. The number of hydrogen-bond donors (Lipinski definition) is 1. The summed E-state index contributed by atoms with van der Waals surface area (Å²) in [7, 11) is 0. The fraction of sp³-hybridized carbons (Fsp3) is 0.462. The first-order valence-electron chi connectivity index (χ1n) is 6.35. The Morgan fingerprint density at radius 2 is 2.06 bits per heavy atom. The quantitative estimate of drug-likeness (QED) is 0.673. The van der Waals surface area contributed by atoms with Gasteiger partial charge < -0.3 is 0 Å². The molecule has 1 aromatic carbocycles. The zero-order chi connectivity index (χ0) is 12.2. The van der Waals surface area contributed by atoms with E-state index in [0.717, 1.165) is 9.86 Å². The minimum atomic E-state index is 0.376. The van der Waals surface area contributed by atoms with E-state index in [1.165, 1.54) is 48.8 Å². The molecule has 1 aliphatic rings. The summed E-state index contributed by atoms with van der Waals surface area (Å²) < 4.78 is 2.23. The molecule has 1 heterocycles. The van der Waals surface area contributed by atoms with E-state index < -0.39 is 0 Å². The van der Waals surface area contributed by atoms with E-state index >= 15 is 0 Å². The van der Waals surface area contributed by atoms with Crippen molar-refractivity contribution >= 4 is 33.5 Å². The molecule has 0 spiro atoms. The molecule has 1 saturated carbocycles. The average molecular weight is 280 g/mol. The second-order valence-electron chi connectivity index (χ2n) is 4.51. The van der Waals surface area contributed by atoms with E-state index in [9.17, 15) is 0 Å². The van der Waals surface area contributed by atoms with E-state index in [1.807, 2.05) is 18.2 Å². The number of aromatic nitrogens is 1. The highest BCUT2D eigenvalue weighted by Gasteiger charge is 2.14. The third kappa shape index (κ3) is 3.03. The summed E-state index contributed by atoms with van der Waals surface area (Å²) in [4.78, 5) is 13.2. The Morgan fingerprint density at radius 3 is 2.89 bits per heavy atom. The van der Waals surface area contributed by atoms with Crippen LogP contribution in [0, 0.1) is 0 Å². The average Bonchev–Trinajstić information content (AvgIpc) is 2.82. The van der Waals surface area contributed by atoms with Crippen molar-refractivity contribution < 1.29 is 4.84 Å². The first kappa shape index (κ1) is 12.4. The summed E-state index contributed by atoms with van der Waals surface area (Å²) in [6.45, 7) is 0. The highest BCUT2D eigenvalue weighted by atomic mass is 32.2. The normalized spacial score (nSPS) is 17.3. The predicted octanol–water partition coefficient (Wildman–Crippen LogP) is 4.16. The monoisotopic (exact) mass is 280 g/mol. The van der Waals surface area contributed by atoms with Crippen LogP contribution in [0.3, 0.4) is 0 Å². The molecule has 1 aromatic heterocycles. The lowest BCUT2D eigenvalue weighted by atomic mass is 9.98. The molecule has 0 aliphatic heterocycles. The summed E-state index contributed by atoms with van der Waals surface area (Å²) in [5.41, 5.74) is 1.06. The van der Waals surface area contributed by atoms with Crippen LogP contribution in [0.5, 0.6) is 0 Å². The van der Waals surface area contributed by atoms with Crippen molar-refractivity contribution in [2.45, 2.75) is 42.5 Å². The van der Waals surface area contributed by atoms with Crippen LogP contribution in [0.15, 0.2) is 28.6 Å². The second kappa shape index (κ2) is 6.02. The number of thiazole rings is 1. The number of nitrogens with one attached hydrogen (secondary N) is 1. The molecule has 0 atom stereocenters. The molecular formula is C13H16N2OS2. The van der Waals surface area contributed by atoms with Gasteiger partial charge in [0.25, 0.3) is 0 Å². The van der Waals surface area contributed by atoms with Gasteiger partial charge in [-0.1, -0.05) is 31.4 Å². The standard InChI is InChI=1S/C13H16N2OS2/c1-2-6-10(7-3-1)16-15-18-13-14-11-8-4-5-9-12(11)17-13/h4-5,8-10,15H,1-3,6-7H2. The van der Waals surface area contributed by atoms with E-state index in [2.05, 4.69) is 15.9 Å². The first-order valence-corrected chi connectivity index (χ1v) is 7.98. The van der Waals surface area contributed by atoms with Crippen molar-refractivity contribution in [3.8, 4) is 0 Å². The van der Waals surface area contributed by atoms with Gasteiger partial charge in [0.1, 0.15) is 0 Å². The fourth-order valence-electron chi connectivity index (χ4n) is 2.21. The fourth-order valence-corrected chi connectivity index (χ4v) is 3.84. The van der Waals surface area contributed by atoms with Crippen molar-refractivity contribution in [1.82, 2.24) is 9.87 Å². The summed E-state index contributed by atoms with van der Waals surface area (Å²) in [6, 6.07) is 8.19. The van der Waals surface area contributed by atoms with Crippen molar-refractivity contribution in [2.75, 3.05) is 0 Å². The zero-order valence-electron chi connectivity index (χ0n) is 10.1. The van der Waals surface area contributed by atoms with Gasteiger partial charge in [0, 0.05) is 11.9 Å². The Bertz CT molecular complexity index is 475. The minimum absolute atomic E-state index is 0.376. The molecule has 0 saturated heterocycles. The van der Waals surface area contributed by atoms with Gasteiger partial charge in [-0.05, 0) is 25.0 Å². The molecule has 1 fully saturated rings. The number of fused-ring (bicyclic) bond motifs is 1. The molecule has 18 heavy (non-hydrogen) atoms. The van der Waals surface area contributed by atoms with Gasteiger partial charge in [0.2, 0.25) is 0 Å². The van der Waals surface area contributed by atoms with Gasteiger partial charge in [-0.15, -0.1) is 16.2 Å². The van der Waals surface area contributed by atoms with Crippen molar-refractivity contribution in [3.05, 3.63) is 24.3 Å². The Hall–Kier alpha value is -0.620. The van der Waals surface area contributed by atoms with Gasteiger partial charge in [-0.25, -0.2) is 4.98 Å². The number of hydrogen-bond acceptors (Lipinski definition) is 5. The third-order valence-corrected chi connectivity index (χ3v) is 4.95. The molecule has 96 valence electrons. The largest absolute Gasteiger partial charge is 0.288 e. The maximum absolute atomic E-state index is 5.66. The van der Waals surface area contributed by atoms with Crippen molar-refractivity contribution in [3.63, 3.8) is 0 Å². The molecule has 3 nitrogen and oxygen atoms in total. The summed E-state index contributed by atoms with van der Waals surface area (Å²) in [5, 5.41) is 0. The molecular weight excluding hydrogens is 264 g/mol. The Labute approximate surface area is 115 Å². The van der Waals surface area contributed by atoms with Crippen molar-refractivity contribution in [2.24, 2.45) is 0 Å². The lowest BCUT2D eigenvalue weighted by Gasteiger charge is -2.20. The lowest BCUT2D eigenvalue weighted by Crippen LogP contribution is -2.21. The summed E-state index contributed by atoms with van der Waals surface area (Å²) >= 11 is 3.17. The second-order valence-corrected chi connectivity index (χ2v) is 6.56. The van der Waals surface area contributed by atoms with Crippen LogP contribution in [-0.2, 0) is 4.84 Å². The highest BCUT2D eigenvalue weighted by Crippen LogP contribution is 2.28. The highest BCUT2D eigenvalue weighted by molar-refractivity contribution is 7.99. The molecule has 5 heteroatoms. The smallest absolute Gasteiger partial charge is 0.168 e. The van der Waals surface area contributed by atoms with E-state index in [4.69, 9.17) is 4.84 Å². The van der Waals surface area contributed by atoms with Gasteiger partial charge in [0.05, 0.1) is 16.3 Å². The molecule has 3 rings (SSSR count). The Balaban J connectivity index is 1.53. The van der Waals surface area contributed by atoms with Crippen LogP contribution in [0.2, 0.25) is 0 Å². The molecule has 0 bridgehead atoms. The molecule has 0 amide bonds. The predicted molar refractivity (Wildman–Crippen MR) is 76.6 cm³/mol. The van der Waals surface area contributed by atoms with Gasteiger partial charge in [0.15, 0.2) is 4.34 Å². The molecule has 1 aliphatic carbocycles. The van der Waals surface area contributed by atoms with Gasteiger partial charge >= 0.3 is 0 Å². The number of para-hydroxylation sites is 1. The molecule has 2 aromatic rings. The molecule has 1 N–H and O–H groups in total. The van der Waals surface area contributed by atoms with Gasteiger partial charge in [-0.3, -0.25) is 4.84 Å². The minimum Gasteiger partial charge on any atom is -0.288 e. The lowest BCUT2D eigenvalue weighted by molar-refractivity contribution is 0.00107. The summed E-state index contributed by atoms with van der Waals surface area (Å²) in [5.74, 6) is 0. The van der Waals surface area contributed by atoms with E-state index in [1.54, 1.807) is 11.3 Å². The topological polar surface area (TPSA) is 34.1 Å². The SMILES string of the molecule is c1ccc2sc(SNOC3CCCCC3)nc2c1. The van der Waals surface area contributed by atoms with Crippen LogP contribution in [0.1, 0.15) is 32.1 Å². The van der Waals surface area contributed by atoms with Crippen molar-refractivity contribution in [1.29, 1.82) is 0 Å².